The van der Waals surface area contributed by atoms with Crippen LogP contribution < -0.4 is 9.47 Å². The number of hydrogen-bond donors (Lipinski definition) is 1. The number of carbonyl (C=O) groups is 1. The first-order chi connectivity index (χ1) is 9.63. The van der Waals surface area contributed by atoms with Gasteiger partial charge in [0.1, 0.15) is 29.4 Å². The molecule has 1 aromatic rings. The van der Waals surface area contributed by atoms with Crippen LogP contribution in [-0.2, 0) is 14.2 Å². The zero-order chi connectivity index (χ0) is 15.0. The number of methoxy groups -OCH3 is 3. The fourth-order valence-corrected chi connectivity index (χ4v) is 1.51. The third kappa shape index (κ3) is 4.37. The summed E-state index contributed by atoms with van der Waals surface area (Å²) >= 11 is 0. The molecule has 0 spiro atoms. The SMILES string of the molecule is COCOc1cc(O)c(C(=O)COC)c(OCOC)c1. The van der Waals surface area contributed by atoms with Gasteiger partial charge in [0.05, 0.1) is 0 Å². The summed E-state index contributed by atoms with van der Waals surface area (Å²) in [6.07, 6.45) is 0. The molecule has 0 heterocycles. The molecular weight excluding hydrogens is 268 g/mol. The van der Waals surface area contributed by atoms with Gasteiger partial charge < -0.3 is 28.8 Å². The Morgan fingerprint density at radius 2 is 1.70 bits per heavy atom. The number of aromatic hydroxyl groups is 1. The lowest BCUT2D eigenvalue weighted by Gasteiger charge is -2.14. The molecule has 7 nitrogen and oxygen atoms in total. The predicted octanol–water partition coefficient (Wildman–Crippen LogP) is 1.19. The zero-order valence-corrected chi connectivity index (χ0v) is 11.7. The molecule has 0 fully saturated rings. The molecule has 0 radical (unpaired) electrons. The van der Waals surface area contributed by atoms with Crippen LogP contribution >= 0.6 is 0 Å². The molecule has 0 saturated carbocycles. The van der Waals surface area contributed by atoms with Gasteiger partial charge in [-0.25, -0.2) is 0 Å². The van der Waals surface area contributed by atoms with Crippen molar-refractivity contribution in [2.24, 2.45) is 0 Å². The number of hydrogen-bond acceptors (Lipinski definition) is 7. The van der Waals surface area contributed by atoms with Crippen molar-refractivity contribution in [3.63, 3.8) is 0 Å². The molecule has 0 amide bonds. The van der Waals surface area contributed by atoms with E-state index in [0.29, 0.717) is 5.75 Å². The molecule has 0 aliphatic heterocycles. The summed E-state index contributed by atoms with van der Waals surface area (Å²) in [5, 5.41) is 9.95. The molecule has 0 bridgehead atoms. The highest BCUT2D eigenvalue weighted by Gasteiger charge is 2.19. The van der Waals surface area contributed by atoms with E-state index in [2.05, 4.69) is 0 Å². The van der Waals surface area contributed by atoms with E-state index in [-0.39, 0.29) is 37.3 Å². The number of ketones is 1. The van der Waals surface area contributed by atoms with E-state index < -0.39 is 5.78 Å². The van der Waals surface area contributed by atoms with E-state index in [0.717, 1.165) is 0 Å². The monoisotopic (exact) mass is 286 g/mol. The van der Waals surface area contributed by atoms with Crippen LogP contribution in [0.2, 0.25) is 0 Å². The zero-order valence-electron chi connectivity index (χ0n) is 11.7. The minimum atomic E-state index is -0.408. The summed E-state index contributed by atoms with van der Waals surface area (Å²) in [7, 11) is 4.31. The lowest BCUT2D eigenvalue weighted by molar-refractivity contribution is 0.0449. The largest absolute Gasteiger partial charge is 0.507 e. The number of carbonyl (C=O) groups excluding carboxylic acids is 1. The average molecular weight is 286 g/mol. The highest BCUT2D eigenvalue weighted by molar-refractivity contribution is 6.02. The maximum Gasteiger partial charge on any atom is 0.195 e. The van der Waals surface area contributed by atoms with E-state index in [4.69, 9.17) is 23.7 Å². The number of rotatable bonds is 9. The van der Waals surface area contributed by atoms with Crippen LogP contribution in [0.25, 0.3) is 0 Å². The van der Waals surface area contributed by atoms with Gasteiger partial charge in [0, 0.05) is 33.5 Å². The summed E-state index contributed by atoms with van der Waals surface area (Å²) in [6.45, 7) is -0.232. The Balaban J connectivity index is 3.09. The number of ether oxygens (including phenoxy) is 5. The molecule has 0 aromatic heterocycles. The summed E-state index contributed by atoms with van der Waals surface area (Å²) in [6, 6.07) is 2.78. The maximum absolute atomic E-state index is 11.9. The molecule has 1 rings (SSSR count). The van der Waals surface area contributed by atoms with Crippen LogP contribution in [0.4, 0.5) is 0 Å². The van der Waals surface area contributed by atoms with Gasteiger partial charge in [0.15, 0.2) is 19.4 Å². The summed E-state index contributed by atoms with van der Waals surface area (Å²) < 4.78 is 24.8. The fourth-order valence-electron chi connectivity index (χ4n) is 1.51. The molecule has 7 heteroatoms. The quantitative estimate of drug-likeness (QED) is 0.539. The lowest BCUT2D eigenvalue weighted by atomic mass is 10.1. The van der Waals surface area contributed by atoms with Crippen molar-refractivity contribution in [1.29, 1.82) is 0 Å². The number of Topliss-reactive ketones (excluding diaryl/α,β-unsaturated/α-hetero) is 1. The standard InChI is InChI=1S/C13H18O7/c1-16-6-11(15)13-10(14)4-9(19-7-17-2)5-12(13)20-8-18-3/h4-5,14H,6-8H2,1-3H3. The average Bonchev–Trinajstić information content (AvgIpc) is 2.42. The minimum Gasteiger partial charge on any atom is -0.507 e. The van der Waals surface area contributed by atoms with Gasteiger partial charge in [-0.1, -0.05) is 0 Å². The lowest BCUT2D eigenvalue weighted by Crippen LogP contribution is -2.11. The summed E-state index contributed by atoms with van der Waals surface area (Å²) in [5.74, 6) is -0.203. The van der Waals surface area contributed by atoms with Crippen molar-refractivity contribution in [3.8, 4) is 17.2 Å². The highest BCUT2D eigenvalue weighted by atomic mass is 16.7. The van der Waals surface area contributed by atoms with Crippen LogP contribution in [0.1, 0.15) is 10.4 Å². The first kappa shape index (κ1) is 16.2. The number of benzene rings is 1. The van der Waals surface area contributed by atoms with Crippen LogP contribution in [0, 0.1) is 0 Å². The Bertz CT molecular complexity index is 445. The van der Waals surface area contributed by atoms with Gasteiger partial charge in [-0.2, -0.15) is 0 Å². The number of phenolic OH excluding ortho intramolecular Hbond substituents is 1. The Kier molecular flexibility index (Phi) is 6.78. The molecule has 0 aliphatic rings. The van der Waals surface area contributed by atoms with E-state index in [1.165, 1.54) is 33.5 Å². The smallest absolute Gasteiger partial charge is 0.195 e. The highest BCUT2D eigenvalue weighted by Crippen LogP contribution is 2.34. The van der Waals surface area contributed by atoms with Crippen LogP contribution in [0.5, 0.6) is 17.2 Å². The number of phenols is 1. The van der Waals surface area contributed by atoms with E-state index >= 15 is 0 Å². The molecule has 20 heavy (non-hydrogen) atoms. The third-order valence-electron chi connectivity index (χ3n) is 2.28. The van der Waals surface area contributed by atoms with Crippen LogP contribution in [0.3, 0.4) is 0 Å². The van der Waals surface area contributed by atoms with Crippen LogP contribution in [0.15, 0.2) is 12.1 Å². The topological polar surface area (TPSA) is 83.5 Å². The second kappa shape index (κ2) is 8.36. The molecule has 0 aliphatic carbocycles. The van der Waals surface area contributed by atoms with E-state index in [1.807, 2.05) is 0 Å². The minimum absolute atomic E-state index is 0.00845. The van der Waals surface area contributed by atoms with Gasteiger partial charge in [0.25, 0.3) is 0 Å². The van der Waals surface area contributed by atoms with Crippen molar-refractivity contribution in [1.82, 2.24) is 0 Å². The molecule has 1 N–H and O–H groups in total. The predicted molar refractivity (Wildman–Crippen MR) is 69.3 cm³/mol. The molecule has 0 saturated heterocycles. The van der Waals surface area contributed by atoms with E-state index in [9.17, 15) is 9.90 Å². The Morgan fingerprint density at radius 1 is 1.05 bits per heavy atom. The van der Waals surface area contributed by atoms with Crippen LogP contribution in [-0.4, -0.2) is 52.4 Å². The van der Waals surface area contributed by atoms with Gasteiger partial charge >= 0.3 is 0 Å². The van der Waals surface area contributed by atoms with Crippen molar-refractivity contribution in [3.05, 3.63) is 17.7 Å². The Hall–Kier alpha value is -1.83. The van der Waals surface area contributed by atoms with Gasteiger partial charge in [0.2, 0.25) is 0 Å². The second-order valence-electron chi connectivity index (χ2n) is 3.77. The second-order valence-corrected chi connectivity index (χ2v) is 3.77. The molecule has 1 aromatic carbocycles. The first-order valence-electron chi connectivity index (χ1n) is 5.76. The molecular formula is C13H18O7. The van der Waals surface area contributed by atoms with Crippen molar-refractivity contribution >= 4 is 5.78 Å². The Morgan fingerprint density at radius 3 is 2.30 bits per heavy atom. The van der Waals surface area contributed by atoms with Crippen molar-refractivity contribution in [2.45, 2.75) is 0 Å². The van der Waals surface area contributed by atoms with Gasteiger partial charge in [-0.15, -0.1) is 0 Å². The molecule has 0 atom stereocenters. The summed E-state index contributed by atoms with van der Waals surface area (Å²) in [5.41, 5.74) is 0.0219. The fraction of sp³-hybridized carbons (Fsp3) is 0.462. The third-order valence-corrected chi connectivity index (χ3v) is 2.28. The van der Waals surface area contributed by atoms with Gasteiger partial charge in [-0.05, 0) is 0 Å². The summed E-state index contributed by atoms with van der Waals surface area (Å²) in [4.78, 5) is 11.9. The molecule has 112 valence electrons. The maximum atomic E-state index is 11.9. The molecule has 0 unspecified atom stereocenters. The van der Waals surface area contributed by atoms with Gasteiger partial charge in [-0.3, -0.25) is 4.79 Å². The van der Waals surface area contributed by atoms with Crippen molar-refractivity contribution < 1.29 is 33.6 Å². The van der Waals surface area contributed by atoms with Crippen molar-refractivity contribution in [2.75, 3.05) is 41.5 Å². The van der Waals surface area contributed by atoms with E-state index in [1.54, 1.807) is 0 Å². The Labute approximate surface area is 117 Å². The normalized spacial score (nSPS) is 10.3. The first-order valence-corrected chi connectivity index (χ1v) is 5.76.